The molecular weight excluding hydrogens is 154 g/mol. The van der Waals surface area contributed by atoms with Crippen molar-refractivity contribution in [3.05, 3.63) is 23.9 Å². The van der Waals surface area contributed by atoms with Gasteiger partial charge in [0.1, 0.15) is 17.5 Å². The van der Waals surface area contributed by atoms with Crippen molar-refractivity contribution in [3.8, 4) is 0 Å². The first-order valence-corrected chi connectivity index (χ1v) is 3.72. The fourth-order valence-corrected chi connectivity index (χ4v) is 1.20. The van der Waals surface area contributed by atoms with Crippen LogP contribution in [0.1, 0.15) is 13.3 Å². The second-order valence-electron chi connectivity index (χ2n) is 2.99. The van der Waals surface area contributed by atoms with Crippen LogP contribution in [-0.4, -0.2) is 12.1 Å². The standard InChI is InChI=1S/C9H11NO2/c1-7(12)9(6-11)4-2-3-8(10)5-9/h2-4,6H,5,10H2,1H3. The minimum Gasteiger partial charge on any atom is -0.402 e. The predicted octanol–water partition coefficient (Wildman–Crippen LogP) is 0.563. The third kappa shape index (κ3) is 1.30. The summed E-state index contributed by atoms with van der Waals surface area (Å²) in [4.78, 5) is 21.8. The summed E-state index contributed by atoms with van der Waals surface area (Å²) in [5, 5.41) is 0. The minimum atomic E-state index is -1.00. The number of aldehydes is 1. The SMILES string of the molecule is CC(=O)C1(C=O)C=CC=C(N)C1. The number of hydrogen-bond acceptors (Lipinski definition) is 3. The Morgan fingerprint density at radius 1 is 1.75 bits per heavy atom. The summed E-state index contributed by atoms with van der Waals surface area (Å²) in [6.07, 6.45) is 5.91. The predicted molar refractivity (Wildman–Crippen MR) is 45.2 cm³/mol. The summed E-state index contributed by atoms with van der Waals surface area (Å²) in [5.74, 6) is -0.162. The molecule has 1 atom stereocenters. The molecule has 0 saturated carbocycles. The van der Waals surface area contributed by atoms with E-state index < -0.39 is 5.41 Å². The molecule has 0 radical (unpaired) electrons. The van der Waals surface area contributed by atoms with Crippen LogP contribution in [0.4, 0.5) is 0 Å². The van der Waals surface area contributed by atoms with Gasteiger partial charge in [0.15, 0.2) is 0 Å². The fourth-order valence-electron chi connectivity index (χ4n) is 1.20. The Bertz CT molecular complexity index is 278. The maximum absolute atomic E-state index is 11.1. The molecule has 1 rings (SSSR count). The number of ketones is 1. The molecule has 0 saturated heterocycles. The highest BCUT2D eigenvalue weighted by atomic mass is 16.1. The van der Waals surface area contributed by atoms with Gasteiger partial charge in [-0.3, -0.25) is 4.79 Å². The number of carbonyl (C=O) groups is 2. The molecule has 2 N–H and O–H groups in total. The summed E-state index contributed by atoms with van der Waals surface area (Å²) in [5.41, 5.74) is 5.09. The normalized spacial score (nSPS) is 27.9. The van der Waals surface area contributed by atoms with Gasteiger partial charge in [-0.25, -0.2) is 0 Å². The van der Waals surface area contributed by atoms with E-state index in [-0.39, 0.29) is 5.78 Å². The maximum Gasteiger partial charge on any atom is 0.147 e. The van der Waals surface area contributed by atoms with Crippen molar-refractivity contribution in [1.82, 2.24) is 0 Å². The Labute approximate surface area is 70.9 Å². The zero-order chi connectivity index (χ0) is 9.19. The number of rotatable bonds is 2. The third-order valence-corrected chi connectivity index (χ3v) is 2.07. The summed E-state index contributed by atoms with van der Waals surface area (Å²) in [6, 6.07) is 0. The number of hydrogen-bond donors (Lipinski definition) is 1. The van der Waals surface area contributed by atoms with Gasteiger partial charge >= 0.3 is 0 Å². The zero-order valence-electron chi connectivity index (χ0n) is 6.91. The third-order valence-electron chi connectivity index (χ3n) is 2.07. The van der Waals surface area contributed by atoms with Crippen molar-refractivity contribution in [3.63, 3.8) is 0 Å². The van der Waals surface area contributed by atoms with E-state index >= 15 is 0 Å². The smallest absolute Gasteiger partial charge is 0.147 e. The van der Waals surface area contributed by atoms with E-state index in [1.54, 1.807) is 18.2 Å². The van der Waals surface area contributed by atoms with Crippen LogP contribution in [0.5, 0.6) is 0 Å². The lowest BCUT2D eigenvalue weighted by Gasteiger charge is -2.23. The molecule has 0 aromatic carbocycles. The van der Waals surface area contributed by atoms with E-state index in [0.717, 1.165) is 0 Å². The fraction of sp³-hybridized carbons (Fsp3) is 0.333. The first-order valence-electron chi connectivity index (χ1n) is 3.72. The maximum atomic E-state index is 11.1. The van der Waals surface area contributed by atoms with E-state index in [0.29, 0.717) is 18.4 Å². The molecule has 1 unspecified atom stereocenters. The highest BCUT2D eigenvalue weighted by Gasteiger charge is 2.33. The summed E-state index contributed by atoms with van der Waals surface area (Å²) in [7, 11) is 0. The van der Waals surface area contributed by atoms with Crippen LogP contribution < -0.4 is 5.73 Å². The lowest BCUT2D eigenvalue weighted by molar-refractivity contribution is -0.130. The lowest BCUT2D eigenvalue weighted by Crippen LogP contribution is -2.31. The number of Topliss-reactive ketones (excluding diaryl/α,β-unsaturated/α-hetero) is 1. The molecule has 0 aromatic heterocycles. The van der Waals surface area contributed by atoms with Gasteiger partial charge in [-0.15, -0.1) is 0 Å². The second kappa shape index (κ2) is 2.93. The molecule has 1 aliphatic carbocycles. The molecule has 0 amide bonds. The Kier molecular flexibility index (Phi) is 2.13. The van der Waals surface area contributed by atoms with Crippen LogP contribution in [0.25, 0.3) is 0 Å². The van der Waals surface area contributed by atoms with E-state index in [1.165, 1.54) is 6.92 Å². The van der Waals surface area contributed by atoms with Gasteiger partial charge in [0.05, 0.1) is 0 Å². The average molecular weight is 165 g/mol. The van der Waals surface area contributed by atoms with Crippen LogP contribution in [-0.2, 0) is 9.59 Å². The molecular formula is C9H11NO2. The molecule has 0 bridgehead atoms. The van der Waals surface area contributed by atoms with E-state index in [4.69, 9.17) is 5.73 Å². The largest absolute Gasteiger partial charge is 0.402 e. The van der Waals surface area contributed by atoms with Gasteiger partial charge in [0.2, 0.25) is 0 Å². The summed E-state index contributed by atoms with van der Waals surface area (Å²) in [6.45, 7) is 1.40. The lowest BCUT2D eigenvalue weighted by atomic mass is 9.78. The van der Waals surface area contributed by atoms with Crippen LogP contribution in [0.2, 0.25) is 0 Å². The van der Waals surface area contributed by atoms with Gasteiger partial charge in [0, 0.05) is 12.1 Å². The van der Waals surface area contributed by atoms with Crippen molar-refractivity contribution >= 4 is 12.1 Å². The molecule has 64 valence electrons. The quantitative estimate of drug-likeness (QED) is 0.480. The van der Waals surface area contributed by atoms with E-state index in [1.807, 2.05) is 0 Å². The first kappa shape index (κ1) is 8.71. The Morgan fingerprint density at radius 2 is 2.42 bits per heavy atom. The monoisotopic (exact) mass is 165 g/mol. The summed E-state index contributed by atoms with van der Waals surface area (Å²) >= 11 is 0. The van der Waals surface area contributed by atoms with Gasteiger partial charge in [0.25, 0.3) is 0 Å². The Hall–Kier alpha value is -1.38. The number of allylic oxidation sites excluding steroid dienone is 4. The molecule has 0 fully saturated rings. The highest BCUT2D eigenvalue weighted by Crippen LogP contribution is 2.28. The Morgan fingerprint density at radius 3 is 2.75 bits per heavy atom. The molecule has 1 aliphatic rings. The number of carbonyl (C=O) groups excluding carboxylic acids is 2. The summed E-state index contributed by atoms with van der Waals surface area (Å²) < 4.78 is 0. The molecule has 0 spiro atoms. The number of nitrogens with two attached hydrogens (primary N) is 1. The van der Waals surface area contributed by atoms with Crippen molar-refractivity contribution in [1.29, 1.82) is 0 Å². The van der Waals surface area contributed by atoms with Crippen molar-refractivity contribution in [2.24, 2.45) is 11.1 Å². The zero-order valence-corrected chi connectivity index (χ0v) is 6.91. The van der Waals surface area contributed by atoms with Crippen LogP contribution >= 0.6 is 0 Å². The van der Waals surface area contributed by atoms with Crippen molar-refractivity contribution < 1.29 is 9.59 Å². The van der Waals surface area contributed by atoms with Crippen LogP contribution in [0, 0.1) is 5.41 Å². The molecule has 12 heavy (non-hydrogen) atoms. The van der Waals surface area contributed by atoms with Crippen molar-refractivity contribution in [2.45, 2.75) is 13.3 Å². The van der Waals surface area contributed by atoms with Crippen molar-refractivity contribution in [2.75, 3.05) is 0 Å². The molecule has 3 nitrogen and oxygen atoms in total. The topological polar surface area (TPSA) is 60.2 Å². The van der Waals surface area contributed by atoms with E-state index in [9.17, 15) is 9.59 Å². The van der Waals surface area contributed by atoms with Gasteiger partial charge in [-0.05, 0) is 13.0 Å². The second-order valence-corrected chi connectivity index (χ2v) is 2.99. The van der Waals surface area contributed by atoms with Crippen LogP contribution in [0.3, 0.4) is 0 Å². The molecule has 0 aromatic rings. The molecule has 3 heteroatoms. The van der Waals surface area contributed by atoms with E-state index in [2.05, 4.69) is 0 Å². The Balaban J connectivity index is 3.00. The molecule has 0 aliphatic heterocycles. The molecule has 0 heterocycles. The highest BCUT2D eigenvalue weighted by molar-refractivity contribution is 5.99. The first-order chi connectivity index (χ1) is 5.60. The van der Waals surface area contributed by atoms with Gasteiger partial charge in [-0.1, -0.05) is 12.2 Å². The van der Waals surface area contributed by atoms with Gasteiger partial charge in [-0.2, -0.15) is 0 Å². The van der Waals surface area contributed by atoms with Gasteiger partial charge < -0.3 is 10.5 Å². The minimum absolute atomic E-state index is 0.162. The van der Waals surface area contributed by atoms with Crippen LogP contribution in [0.15, 0.2) is 23.9 Å². The average Bonchev–Trinajstić information content (AvgIpc) is 2.04.